The van der Waals surface area contributed by atoms with Crippen LogP contribution in [0.15, 0.2) is 54.0 Å². The number of hydrogen-bond donors (Lipinski definition) is 2. The van der Waals surface area contributed by atoms with E-state index in [0.29, 0.717) is 5.57 Å². The Hall–Kier alpha value is -1.92. The Kier molecular flexibility index (Phi) is 6.52. The highest BCUT2D eigenvalue weighted by Crippen LogP contribution is 2.12. The van der Waals surface area contributed by atoms with E-state index in [1.54, 1.807) is 19.1 Å². The molecule has 1 amide bonds. The molecule has 0 fully saturated rings. The summed E-state index contributed by atoms with van der Waals surface area (Å²) in [5.74, 6) is -0.404. The van der Waals surface area contributed by atoms with Crippen LogP contribution in [0.5, 0.6) is 0 Å². The molecule has 0 heterocycles. The van der Waals surface area contributed by atoms with Gasteiger partial charge in [0.25, 0.3) is 0 Å². The van der Waals surface area contributed by atoms with Crippen molar-refractivity contribution in [3.8, 4) is 0 Å². The van der Waals surface area contributed by atoms with E-state index in [2.05, 4.69) is 23.2 Å². The largest absolute Gasteiger partial charge is 0.351 e. The summed E-state index contributed by atoms with van der Waals surface area (Å²) in [4.78, 5) is 12.2. The molecule has 1 aromatic rings. The van der Waals surface area contributed by atoms with E-state index in [1.807, 2.05) is 6.92 Å². The van der Waals surface area contributed by atoms with Gasteiger partial charge in [0.15, 0.2) is 0 Å². The number of rotatable bonds is 8. The van der Waals surface area contributed by atoms with Gasteiger partial charge in [-0.3, -0.25) is 4.79 Å². The topological polar surface area (TPSA) is 75.3 Å². The normalized spacial score (nSPS) is 12.5. The molecule has 22 heavy (non-hydrogen) atoms. The van der Waals surface area contributed by atoms with Gasteiger partial charge in [-0.25, -0.2) is 8.42 Å². The van der Waals surface area contributed by atoms with E-state index < -0.39 is 22.0 Å². The number of aryl methyl sites for hydroxylation is 1. The third-order valence-corrected chi connectivity index (χ3v) is 4.41. The highest BCUT2D eigenvalue weighted by molar-refractivity contribution is 7.89. The predicted octanol–water partition coefficient (Wildman–Crippen LogP) is 1.91. The van der Waals surface area contributed by atoms with Crippen LogP contribution in [0.25, 0.3) is 0 Å². The molecule has 1 rings (SSSR count). The molecule has 0 aliphatic heterocycles. The summed E-state index contributed by atoms with van der Waals surface area (Å²) in [6.45, 7) is 11.1. The lowest BCUT2D eigenvalue weighted by atomic mass is 10.1. The minimum Gasteiger partial charge on any atom is -0.351 e. The van der Waals surface area contributed by atoms with Gasteiger partial charge in [0.1, 0.15) is 6.04 Å². The van der Waals surface area contributed by atoms with Crippen molar-refractivity contribution >= 4 is 15.9 Å². The fourth-order valence-corrected chi connectivity index (χ4v) is 3.00. The highest BCUT2D eigenvalue weighted by atomic mass is 32.2. The summed E-state index contributed by atoms with van der Waals surface area (Å²) < 4.78 is 27.2. The second kappa shape index (κ2) is 7.91. The Morgan fingerprint density at radius 1 is 1.32 bits per heavy atom. The lowest BCUT2D eigenvalue weighted by molar-refractivity contribution is -0.122. The molecule has 5 nitrogen and oxygen atoms in total. The maximum absolute atomic E-state index is 12.4. The first-order valence-corrected chi connectivity index (χ1v) is 8.36. The SMILES string of the molecule is C=CCNC(=O)[C@H](CC(=C)C)NS(=O)(=O)c1ccc(C)cc1. The van der Waals surface area contributed by atoms with E-state index in [4.69, 9.17) is 0 Å². The molecular weight excluding hydrogens is 300 g/mol. The smallest absolute Gasteiger partial charge is 0.241 e. The van der Waals surface area contributed by atoms with E-state index in [0.717, 1.165) is 5.56 Å². The Labute approximate surface area is 132 Å². The van der Waals surface area contributed by atoms with Gasteiger partial charge in [0.05, 0.1) is 4.90 Å². The summed E-state index contributed by atoms with van der Waals surface area (Å²) in [7, 11) is -3.77. The van der Waals surface area contributed by atoms with E-state index >= 15 is 0 Å². The Balaban J connectivity index is 2.96. The second-order valence-electron chi connectivity index (χ2n) is 5.18. The van der Waals surface area contributed by atoms with Crippen LogP contribution in [-0.2, 0) is 14.8 Å². The number of amides is 1. The van der Waals surface area contributed by atoms with Crippen molar-refractivity contribution in [3.63, 3.8) is 0 Å². The zero-order valence-electron chi connectivity index (χ0n) is 12.9. The van der Waals surface area contributed by atoms with Crippen LogP contribution in [0.1, 0.15) is 18.9 Å². The second-order valence-corrected chi connectivity index (χ2v) is 6.90. The van der Waals surface area contributed by atoms with Gasteiger partial charge in [0, 0.05) is 6.54 Å². The first kappa shape index (κ1) is 18.1. The van der Waals surface area contributed by atoms with Crippen molar-refractivity contribution in [3.05, 3.63) is 54.6 Å². The van der Waals surface area contributed by atoms with Gasteiger partial charge in [-0.05, 0) is 32.4 Å². The third kappa shape index (κ3) is 5.46. The molecular formula is C16H22N2O3S. The minimum absolute atomic E-state index is 0.126. The van der Waals surface area contributed by atoms with E-state index in [1.165, 1.54) is 18.2 Å². The Morgan fingerprint density at radius 3 is 2.41 bits per heavy atom. The maximum Gasteiger partial charge on any atom is 0.241 e. The maximum atomic E-state index is 12.4. The van der Waals surface area contributed by atoms with Crippen LogP contribution < -0.4 is 10.0 Å². The van der Waals surface area contributed by atoms with Crippen molar-refractivity contribution in [2.75, 3.05) is 6.54 Å². The first-order chi connectivity index (χ1) is 10.3. The van der Waals surface area contributed by atoms with E-state index in [-0.39, 0.29) is 17.9 Å². The molecule has 120 valence electrons. The van der Waals surface area contributed by atoms with Crippen molar-refractivity contribution in [1.82, 2.24) is 10.0 Å². The van der Waals surface area contributed by atoms with Crippen LogP contribution in [-0.4, -0.2) is 26.9 Å². The molecule has 0 aliphatic carbocycles. The van der Waals surface area contributed by atoms with Crippen molar-refractivity contribution < 1.29 is 13.2 Å². The Morgan fingerprint density at radius 2 is 1.91 bits per heavy atom. The fourth-order valence-electron chi connectivity index (χ4n) is 1.81. The van der Waals surface area contributed by atoms with Crippen LogP contribution in [0, 0.1) is 6.92 Å². The van der Waals surface area contributed by atoms with Crippen molar-refractivity contribution in [1.29, 1.82) is 0 Å². The number of carbonyl (C=O) groups is 1. The summed E-state index contributed by atoms with van der Waals surface area (Å²) in [6.07, 6.45) is 1.76. The molecule has 0 saturated carbocycles. The summed E-state index contributed by atoms with van der Waals surface area (Å²) >= 11 is 0. The van der Waals surface area contributed by atoms with Crippen molar-refractivity contribution in [2.24, 2.45) is 0 Å². The number of nitrogens with one attached hydrogen (secondary N) is 2. The van der Waals surface area contributed by atoms with Gasteiger partial charge >= 0.3 is 0 Å². The predicted molar refractivity (Wildman–Crippen MR) is 87.9 cm³/mol. The van der Waals surface area contributed by atoms with Gasteiger partial charge in [-0.2, -0.15) is 4.72 Å². The number of carbonyl (C=O) groups excluding carboxylic acids is 1. The summed E-state index contributed by atoms with van der Waals surface area (Å²) in [6, 6.07) is 5.54. The number of hydrogen-bond acceptors (Lipinski definition) is 3. The molecule has 0 saturated heterocycles. The molecule has 0 unspecified atom stereocenters. The van der Waals surface area contributed by atoms with Gasteiger partial charge < -0.3 is 5.32 Å². The number of benzene rings is 1. The minimum atomic E-state index is -3.77. The lowest BCUT2D eigenvalue weighted by Gasteiger charge is -2.18. The average molecular weight is 322 g/mol. The molecule has 0 aliphatic rings. The van der Waals surface area contributed by atoms with E-state index in [9.17, 15) is 13.2 Å². The van der Waals surface area contributed by atoms with Gasteiger partial charge in [0.2, 0.25) is 15.9 Å². The zero-order chi connectivity index (χ0) is 16.8. The molecule has 0 radical (unpaired) electrons. The van der Waals surface area contributed by atoms with Crippen LogP contribution in [0.4, 0.5) is 0 Å². The van der Waals surface area contributed by atoms with Gasteiger partial charge in [-0.1, -0.05) is 29.3 Å². The molecule has 0 spiro atoms. The monoisotopic (exact) mass is 322 g/mol. The third-order valence-electron chi connectivity index (χ3n) is 2.92. The fraction of sp³-hybridized carbons (Fsp3) is 0.312. The molecule has 0 bridgehead atoms. The summed E-state index contributed by atoms with van der Waals surface area (Å²) in [5, 5.41) is 2.60. The van der Waals surface area contributed by atoms with Crippen LogP contribution in [0.3, 0.4) is 0 Å². The zero-order valence-corrected chi connectivity index (χ0v) is 13.7. The highest BCUT2D eigenvalue weighted by Gasteiger charge is 2.25. The lowest BCUT2D eigenvalue weighted by Crippen LogP contribution is -2.46. The molecule has 1 atom stereocenters. The molecule has 1 aromatic carbocycles. The van der Waals surface area contributed by atoms with Crippen LogP contribution >= 0.6 is 0 Å². The average Bonchev–Trinajstić information content (AvgIpc) is 2.43. The molecule has 6 heteroatoms. The first-order valence-electron chi connectivity index (χ1n) is 6.88. The summed E-state index contributed by atoms with van der Waals surface area (Å²) in [5.41, 5.74) is 1.67. The molecule has 0 aromatic heterocycles. The van der Waals surface area contributed by atoms with Crippen LogP contribution in [0.2, 0.25) is 0 Å². The van der Waals surface area contributed by atoms with Crippen molar-refractivity contribution in [2.45, 2.75) is 31.2 Å². The quantitative estimate of drug-likeness (QED) is 0.718. The van der Waals surface area contributed by atoms with Gasteiger partial charge in [-0.15, -0.1) is 13.2 Å². The standard InChI is InChI=1S/C16H22N2O3S/c1-5-10-17-16(19)15(11-12(2)3)18-22(20,21)14-8-6-13(4)7-9-14/h5-9,15,18H,1-2,10-11H2,3-4H3,(H,17,19)/t15-/m0/s1. The molecule has 2 N–H and O–H groups in total. The Bertz CT molecular complexity index is 648. The number of sulfonamides is 1.